The molecule has 1 N–H and O–H groups in total. The fourth-order valence-electron chi connectivity index (χ4n) is 4.87. The number of rotatable bonds is 14. The fraction of sp³-hybridized carbons (Fsp3) is 0.257. The van der Waals surface area contributed by atoms with Gasteiger partial charge in [-0.3, -0.25) is 13.9 Å². The van der Waals surface area contributed by atoms with E-state index in [9.17, 15) is 18.0 Å². The Morgan fingerprint density at radius 1 is 0.891 bits per heavy atom. The van der Waals surface area contributed by atoms with Gasteiger partial charge in [0.2, 0.25) is 11.8 Å². The predicted octanol–water partition coefficient (Wildman–Crippen LogP) is 7.82. The van der Waals surface area contributed by atoms with Crippen molar-refractivity contribution >= 4 is 66.7 Å². The van der Waals surface area contributed by atoms with E-state index in [-0.39, 0.29) is 39.5 Å². The van der Waals surface area contributed by atoms with E-state index < -0.39 is 28.5 Å². The van der Waals surface area contributed by atoms with E-state index in [0.29, 0.717) is 6.54 Å². The van der Waals surface area contributed by atoms with E-state index in [1.165, 1.54) is 29.2 Å². The highest BCUT2D eigenvalue weighted by atomic mass is 79.9. The number of halogens is 3. The Kier molecular flexibility index (Phi) is 12.7. The molecule has 4 rings (SSSR count). The average molecular weight is 746 g/mol. The second kappa shape index (κ2) is 16.5. The van der Waals surface area contributed by atoms with Gasteiger partial charge in [0.25, 0.3) is 10.0 Å². The van der Waals surface area contributed by atoms with Crippen LogP contribution in [0.3, 0.4) is 0 Å². The van der Waals surface area contributed by atoms with E-state index in [2.05, 4.69) is 21.2 Å². The van der Waals surface area contributed by atoms with Gasteiger partial charge in [-0.15, -0.1) is 0 Å². The second-order valence-electron chi connectivity index (χ2n) is 10.9. The number of amides is 2. The molecule has 0 aliphatic carbocycles. The molecule has 0 radical (unpaired) electrons. The molecule has 11 heteroatoms. The van der Waals surface area contributed by atoms with Crippen LogP contribution in [0.2, 0.25) is 10.0 Å². The zero-order chi connectivity index (χ0) is 33.3. The molecule has 0 saturated heterocycles. The zero-order valence-corrected chi connectivity index (χ0v) is 29.5. The van der Waals surface area contributed by atoms with Crippen molar-refractivity contribution in [2.75, 3.05) is 17.4 Å². The number of aryl methyl sites for hydroxylation is 1. The van der Waals surface area contributed by atoms with Crippen molar-refractivity contribution in [3.05, 3.63) is 128 Å². The van der Waals surface area contributed by atoms with Gasteiger partial charge in [-0.25, -0.2) is 8.42 Å². The molecule has 2 amide bonds. The number of unbranched alkanes of at least 4 members (excludes halogenated alkanes) is 1. The minimum absolute atomic E-state index is 0.0143. The van der Waals surface area contributed by atoms with Gasteiger partial charge in [0.15, 0.2) is 0 Å². The molecule has 0 aliphatic heterocycles. The lowest BCUT2D eigenvalue weighted by Gasteiger charge is -2.34. The molecule has 0 heterocycles. The number of hydrogen-bond donors (Lipinski definition) is 1. The van der Waals surface area contributed by atoms with Crippen LogP contribution in [0.15, 0.2) is 106 Å². The van der Waals surface area contributed by atoms with Crippen molar-refractivity contribution in [2.45, 2.75) is 50.6 Å². The van der Waals surface area contributed by atoms with Crippen LogP contribution >= 0.6 is 39.1 Å². The molecule has 242 valence electrons. The summed E-state index contributed by atoms with van der Waals surface area (Å²) < 4.78 is 30.2. The summed E-state index contributed by atoms with van der Waals surface area (Å²) in [6.07, 6.45) is 1.89. The van der Waals surface area contributed by atoms with Gasteiger partial charge >= 0.3 is 0 Å². The second-order valence-corrected chi connectivity index (χ2v) is 14.5. The summed E-state index contributed by atoms with van der Waals surface area (Å²) in [4.78, 5) is 29.8. The van der Waals surface area contributed by atoms with Gasteiger partial charge in [-0.05, 0) is 66.9 Å². The van der Waals surface area contributed by atoms with Crippen molar-refractivity contribution in [1.82, 2.24) is 10.2 Å². The maximum absolute atomic E-state index is 14.5. The number of sulfonamides is 1. The summed E-state index contributed by atoms with van der Waals surface area (Å²) in [7, 11) is -4.30. The molecule has 0 aliphatic rings. The van der Waals surface area contributed by atoms with E-state index in [0.717, 1.165) is 38.3 Å². The first kappa shape index (κ1) is 35.5. The van der Waals surface area contributed by atoms with Crippen LogP contribution in [0.1, 0.15) is 36.5 Å². The molecule has 0 fully saturated rings. The predicted molar refractivity (Wildman–Crippen MR) is 189 cm³/mol. The van der Waals surface area contributed by atoms with Crippen LogP contribution in [-0.2, 0) is 32.6 Å². The lowest BCUT2D eigenvalue weighted by molar-refractivity contribution is -0.140. The van der Waals surface area contributed by atoms with Crippen molar-refractivity contribution in [3.63, 3.8) is 0 Å². The molecular formula is C35H36BrCl2N3O4S. The number of hydrogen-bond acceptors (Lipinski definition) is 4. The largest absolute Gasteiger partial charge is 0.354 e. The third kappa shape index (κ3) is 9.35. The highest BCUT2D eigenvalue weighted by Gasteiger charge is 2.35. The Balaban J connectivity index is 1.81. The SMILES string of the molecule is CCCCNC(=O)[C@@H](Cc1ccccc1)N(Cc1ccc(Br)cc1)C(=O)CN(c1cc(Cl)ccc1Cl)S(=O)(=O)c1ccc(C)cc1. The van der Waals surface area contributed by atoms with E-state index >= 15 is 0 Å². The number of nitrogens with one attached hydrogen (secondary N) is 1. The average Bonchev–Trinajstić information content (AvgIpc) is 3.04. The van der Waals surface area contributed by atoms with Crippen LogP contribution in [-0.4, -0.2) is 44.3 Å². The molecule has 4 aromatic rings. The van der Waals surface area contributed by atoms with Crippen LogP contribution in [0, 0.1) is 6.92 Å². The van der Waals surface area contributed by atoms with Crippen molar-refractivity contribution in [2.24, 2.45) is 0 Å². The van der Waals surface area contributed by atoms with Crippen molar-refractivity contribution in [3.8, 4) is 0 Å². The summed E-state index contributed by atoms with van der Waals surface area (Å²) in [5, 5.41) is 3.34. The van der Waals surface area contributed by atoms with Gasteiger partial charge in [-0.2, -0.15) is 0 Å². The first-order valence-corrected chi connectivity index (χ1v) is 17.9. The van der Waals surface area contributed by atoms with E-state index in [1.807, 2.05) is 68.4 Å². The number of benzene rings is 4. The monoisotopic (exact) mass is 743 g/mol. The first-order chi connectivity index (χ1) is 22.0. The maximum Gasteiger partial charge on any atom is 0.264 e. The van der Waals surface area contributed by atoms with Crippen molar-refractivity contribution < 1.29 is 18.0 Å². The summed E-state index contributed by atoms with van der Waals surface area (Å²) in [6, 6.07) is 26.7. The van der Waals surface area contributed by atoms with Gasteiger partial charge in [0, 0.05) is 29.0 Å². The van der Waals surface area contributed by atoms with Crippen LogP contribution in [0.5, 0.6) is 0 Å². The van der Waals surface area contributed by atoms with Crippen LogP contribution in [0.4, 0.5) is 5.69 Å². The topological polar surface area (TPSA) is 86.8 Å². The highest BCUT2D eigenvalue weighted by molar-refractivity contribution is 9.10. The standard InChI is InChI=1S/C35H36BrCl2N3O4S/c1-3-4-20-39-35(43)33(21-26-8-6-5-7-9-26)40(23-27-12-14-28(36)15-13-27)34(42)24-41(32-22-29(37)16-19-31(32)38)46(44,45)30-17-10-25(2)11-18-30/h5-19,22,33H,3-4,20-21,23-24H2,1-2H3,(H,39,43)/t33-/m1/s1. The van der Waals surface area contributed by atoms with E-state index in [1.54, 1.807) is 18.2 Å². The third-order valence-corrected chi connectivity index (χ3v) is 10.3. The van der Waals surface area contributed by atoms with E-state index in [4.69, 9.17) is 23.2 Å². The Labute approximate surface area is 289 Å². The molecule has 7 nitrogen and oxygen atoms in total. The number of nitrogens with zero attached hydrogens (tertiary/aromatic N) is 2. The molecule has 4 aromatic carbocycles. The van der Waals surface area contributed by atoms with Crippen LogP contribution in [0.25, 0.3) is 0 Å². The minimum atomic E-state index is -4.30. The summed E-state index contributed by atoms with van der Waals surface area (Å²) in [6.45, 7) is 3.77. The minimum Gasteiger partial charge on any atom is -0.354 e. The van der Waals surface area contributed by atoms with Gasteiger partial charge in [-0.1, -0.05) is 113 Å². The highest BCUT2D eigenvalue weighted by Crippen LogP contribution is 2.33. The molecule has 0 aromatic heterocycles. The van der Waals surface area contributed by atoms with Crippen LogP contribution < -0.4 is 9.62 Å². The number of carbonyl (C=O) groups is 2. The Morgan fingerprint density at radius 2 is 1.57 bits per heavy atom. The Morgan fingerprint density at radius 3 is 2.22 bits per heavy atom. The lowest BCUT2D eigenvalue weighted by Crippen LogP contribution is -2.53. The lowest BCUT2D eigenvalue weighted by atomic mass is 10.0. The fourth-order valence-corrected chi connectivity index (χ4v) is 7.00. The smallest absolute Gasteiger partial charge is 0.264 e. The van der Waals surface area contributed by atoms with Gasteiger partial charge in [0.1, 0.15) is 12.6 Å². The summed E-state index contributed by atoms with van der Waals surface area (Å²) in [5.41, 5.74) is 2.55. The third-order valence-electron chi connectivity index (χ3n) is 7.43. The van der Waals surface area contributed by atoms with Gasteiger partial charge < -0.3 is 10.2 Å². The Bertz CT molecular complexity index is 1740. The molecule has 0 saturated carbocycles. The zero-order valence-electron chi connectivity index (χ0n) is 25.6. The molecule has 0 bridgehead atoms. The molecule has 0 spiro atoms. The molecule has 1 atom stereocenters. The molecular weight excluding hydrogens is 709 g/mol. The maximum atomic E-state index is 14.5. The normalized spacial score (nSPS) is 11.9. The first-order valence-electron chi connectivity index (χ1n) is 14.9. The summed E-state index contributed by atoms with van der Waals surface area (Å²) >= 11 is 16.3. The number of anilines is 1. The molecule has 0 unspecified atom stereocenters. The number of carbonyl (C=O) groups excluding carboxylic acids is 2. The quantitative estimate of drug-likeness (QED) is 0.134. The molecule has 46 heavy (non-hydrogen) atoms. The van der Waals surface area contributed by atoms with Crippen molar-refractivity contribution in [1.29, 1.82) is 0 Å². The summed E-state index contributed by atoms with van der Waals surface area (Å²) in [5.74, 6) is -0.905. The van der Waals surface area contributed by atoms with Gasteiger partial charge in [0.05, 0.1) is 15.6 Å². The Hall–Kier alpha value is -3.37.